The summed E-state index contributed by atoms with van der Waals surface area (Å²) in [5.41, 5.74) is 1.85. The van der Waals surface area contributed by atoms with Gasteiger partial charge in [-0.3, -0.25) is 0 Å². The topological polar surface area (TPSA) is 24.5 Å². The molecule has 4 heteroatoms. The van der Waals surface area contributed by atoms with Gasteiger partial charge in [-0.05, 0) is 37.3 Å². The van der Waals surface area contributed by atoms with Crippen LogP contribution in [-0.2, 0) is 11.3 Å². The predicted molar refractivity (Wildman–Crippen MR) is 78.5 cm³/mol. The first-order valence-electron chi connectivity index (χ1n) is 7.56. The summed E-state index contributed by atoms with van der Waals surface area (Å²) in [5, 5.41) is 3.49. The van der Waals surface area contributed by atoms with Gasteiger partial charge in [-0.2, -0.15) is 0 Å². The van der Waals surface area contributed by atoms with Crippen molar-refractivity contribution in [1.29, 1.82) is 0 Å². The smallest absolute Gasteiger partial charge is 0.146 e. The first-order valence-corrected chi connectivity index (χ1v) is 7.56. The fourth-order valence-corrected chi connectivity index (χ4v) is 2.62. The van der Waals surface area contributed by atoms with Crippen LogP contribution < -0.4 is 10.2 Å². The van der Waals surface area contributed by atoms with Crippen LogP contribution >= 0.6 is 0 Å². The lowest BCUT2D eigenvalue weighted by Crippen LogP contribution is -2.32. The average molecular weight is 278 g/mol. The van der Waals surface area contributed by atoms with E-state index in [1.165, 1.54) is 12.8 Å². The highest BCUT2D eigenvalue weighted by Crippen LogP contribution is 2.35. The molecule has 0 radical (unpaired) electrons. The zero-order valence-corrected chi connectivity index (χ0v) is 12.1. The van der Waals surface area contributed by atoms with E-state index in [0.29, 0.717) is 18.7 Å². The zero-order chi connectivity index (χ0) is 13.9. The van der Waals surface area contributed by atoms with Gasteiger partial charge < -0.3 is 15.0 Å². The molecule has 2 aliphatic rings. The highest BCUT2D eigenvalue weighted by molar-refractivity contribution is 5.56. The van der Waals surface area contributed by atoms with Crippen molar-refractivity contribution < 1.29 is 9.13 Å². The minimum atomic E-state index is -0.108. The van der Waals surface area contributed by atoms with Crippen molar-refractivity contribution in [2.24, 2.45) is 0 Å². The van der Waals surface area contributed by atoms with Crippen molar-refractivity contribution >= 4 is 5.69 Å². The Morgan fingerprint density at radius 3 is 2.75 bits per heavy atom. The standard InChI is InChI=1S/C16H23FN2O/c1-20-10-9-19(14-7-8-14)16-12(3-2-4-15(16)17)11-18-13-5-6-13/h2-4,13-14,18H,5-11H2,1H3. The number of ether oxygens (including phenoxy) is 1. The van der Waals surface area contributed by atoms with Crippen molar-refractivity contribution in [2.75, 3.05) is 25.2 Å². The first-order chi connectivity index (χ1) is 9.79. The van der Waals surface area contributed by atoms with E-state index in [0.717, 1.165) is 37.2 Å². The van der Waals surface area contributed by atoms with Crippen molar-refractivity contribution in [3.8, 4) is 0 Å². The molecule has 0 atom stereocenters. The molecule has 0 amide bonds. The van der Waals surface area contributed by atoms with Crippen LogP contribution in [0.3, 0.4) is 0 Å². The SMILES string of the molecule is COCCN(c1c(F)cccc1CNC1CC1)C1CC1. The molecule has 1 N–H and O–H groups in total. The third-order valence-corrected chi connectivity index (χ3v) is 4.04. The summed E-state index contributed by atoms with van der Waals surface area (Å²) in [6.45, 7) is 2.16. The highest BCUT2D eigenvalue weighted by Gasteiger charge is 2.32. The molecule has 0 saturated heterocycles. The number of para-hydroxylation sites is 1. The number of benzene rings is 1. The molecule has 1 aromatic rings. The van der Waals surface area contributed by atoms with E-state index in [9.17, 15) is 4.39 Å². The second-order valence-electron chi connectivity index (χ2n) is 5.82. The van der Waals surface area contributed by atoms with Crippen molar-refractivity contribution in [3.05, 3.63) is 29.6 Å². The van der Waals surface area contributed by atoms with Crippen molar-refractivity contribution in [1.82, 2.24) is 5.32 Å². The monoisotopic (exact) mass is 278 g/mol. The predicted octanol–water partition coefficient (Wildman–Crippen LogP) is 2.69. The molecule has 0 spiro atoms. The van der Waals surface area contributed by atoms with Gasteiger partial charge in [-0.15, -0.1) is 0 Å². The first kappa shape index (κ1) is 13.8. The van der Waals surface area contributed by atoms with Gasteiger partial charge in [-0.1, -0.05) is 12.1 Å². The number of anilines is 1. The van der Waals surface area contributed by atoms with Gasteiger partial charge in [-0.25, -0.2) is 4.39 Å². The average Bonchev–Trinajstić information content (AvgIpc) is 3.32. The quantitative estimate of drug-likeness (QED) is 0.791. The minimum absolute atomic E-state index is 0.108. The van der Waals surface area contributed by atoms with Crippen LogP contribution in [0.2, 0.25) is 0 Å². The van der Waals surface area contributed by atoms with E-state index >= 15 is 0 Å². The number of hydrogen-bond acceptors (Lipinski definition) is 3. The summed E-state index contributed by atoms with van der Waals surface area (Å²) < 4.78 is 19.5. The van der Waals surface area contributed by atoms with Crippen LogP contribution in [0.25, 0.3) is 0 Å². The molecule has 0 aromatic heterocycles. The molecule has 1 aromatic carbocycles. The Bertz CT molecular complexity index is 458. The zero-order valence-electron chi connectivity index (χ0n) is 12.1. The van der Waals surface area contributed by atoms with E-state index in [1.54, 1.807) is 13.2 Å². The molecule has 3 nitrogen and oxygen atoms in total. The fourth-order valence-electron chi connectivity index (χ4n) is 2.62. The lowest BCUT2D eigenvalue weighted by atomic mass is 10.1. The van der Waals surface area contributed by atoms with Crippen LogP contribution in [0.4, 0.5) is 10.1 Å². The lowest BCUT2D eigenvalue weighted by molar-refractivity contribution is 0.204. The molecule has 3 rings (SSSR count). The molecule has 2 aliphatic carbocycles. The number of rotatable bonds is 8. The van der Waals surface area contributed by atoms with Crippen molar-refractivity contribution in [2.45, 2.75) is 44.3 Å². The Kier molecular flexibility index (Phi) is 4.22. The van der Waals surface area contributed by atoms with Gasteiger partial charge in [0.2, 0.25) is 0 Å². The maximum absolute atomic E-state index is 14.3. The Labute approximate surface area is 120 Å². The Morgan fingerprint density at radius 1 is 1.30 bits per heavy atom. The van der Waals surface area contributed by atoms with Crippen molar-refractivity contribution in [3.63, 3.8) is 0 Å². The largest absolute Gasteiger partial charge is 0.383 e. The molecule has 0 aliphatic heterocycles. The number of halogens is 1. The summed E-state index contributed by atoms with van der Waals surface area (Å²) in [5.74, 6) is -0.108. The van der Waals surface area contributed by atoms with Crippen LogP contribution in [0.15, 0.2) is 18.2 Å². The van der Waals surface area contributed by atoms with Gasteiger partial charge in [0.25, 0.3) is 0 Å². The highest BCUT2D eigenvalue weighted by atomic mass is 19.1. The summed E-state index contributed by atoms with van der Waals surface area (Å²) in [7, 11) is 1.70. The Balaban J connectivity index is 1.79. The second kappa shape index (κ2) is 6.10. The van der Waals surface area contributed by atoms with Crippen LogP contribution in [0, 0.1) is 5.82 Å². The summed E-state index contributed by atoms with van der Waals surface area (Å²) >= 11 is 0. The van der Waals surface area contributed by atoms with Gasteiger partial charge in [0.1, 0.15) is 5.82 Å². The van der Waals surface area contributed by atoms with E-state index in [4.69, 9.17) is 4.74 Å². The summed E-state index contributed by atoms with van der Waals surface area (Å²) in [6, 6.07) is 6.54. The molecule has 0 heterocycles. The van der Waals surface area contributed by atoms with Crippen LogP contribution in [-0.4, -0.2) is 32.3 Å². The van der Waals surface area contributed by atoms with Gasteiger partial charge in [0.05, 0.1) is 12.3 Å². The molecular formula is C16H23FN2O. The number of hydrogen-bond donors (Lipinski definition) is 1. The molecule has 20 heavy (non-hydrogen) atoms. The number of methoxy groups -OCH3 is 1. The van der Waals surface area contributed by atoms with Gasteiger partial charge in [0, 0.05) is 32.3 Å². The van der Waals surface area contributed by atoms with E-state index in [1.807, 2.05) is 12.1 Å². The Morgan fingerprint density at radius 2 is 2.10 bits per heavy atom. The maximum atomic E-state index is 14.3. The van der Waals surface area contributed by atoms with Gasteiger partial charge >= 0.3 is 0 Å². The number of nitrogens with one attached hydrogen (secondary N) is 1. The third-order valence-electron chi connectivity index (χ3n) is 4.04. The third kappa shape index (κ3) is 3.30. The number of nitrogens with zero attached hydrogens (tertiary/aromatic N) is 1. The normalized spacial score (nSPS) is 18.3. The molecule has 2 fully saturated rings. The fraction of sp³-hybridized carbons (Fsp3) is 0.625. The van der Waals surface area contributed by atoms with Crippen LogP contribution in [0.1, 0.15) is 31.2 Å². The second-order valence-corrected chi connectivity index (χ2v) is 5.82. The molecular weight excluding hydrogens is 255 g/mol. The summed E-state index contributed by atoms with van der Waals surface area (Å²) in [6.07, 6.45) is 4.82. The lowest BCUT2D eigenvalue weighted by Gasteiger charge is -2.27. The van der Waals surface area contributed by atoms with E-state index in [-0.39, 0.29) is 5.82 Å². The minimum Gasteiger partial charge on any atom is -0.383 e. The maximum Gasteiger partial charge on any atom is 0.146 e. The molecule has 110 valence electrons. The molecule has 2 saturated carbocycles. The Hall–Kier alpha value is -1.13. The molecule has 0 bridgehead atoms. The van der Waals surface area contributed by atoms with E-state index < -0.39 is 0 Å². The van der Waals surface area contributed by atoms with Crippen LogP contribution in [0.5, 0.6) is 0 Å². The van der Waals surface area contributed by atoms with E-state index in [2.05, 4.69) is 10.2 Å². The van der Waals surface area contributed by atoms with Gasteiger partial charge in [0.15, 0.2) is 0 Å². The summed E-state index contributed by atoms with van der Waals surface area (Å²) in [4.78, 5) is 2.20. The molecule has 0 unspecified atom stereocenters.